The number of benzene rings is 2. The summed E-state index contributed by atoms with van der Waals surface area (Å²) in [5, 5.41) is 2.77. The monoisotopic (exact) mass is 374 g/mol. The standard InChI is InChI=1S/C19H19FN2O3S/c1-13(23)21-17-12-14(19(24)22-8-10-25-11-9-22)2-7-18(17)26-16-5-3-15(20)4-6-16/h2-7,12H,8-11H2,1H3,(H,21,23). The quantitative estimate of drug-likeness (QED) is 0.891. The van der Waals surface area contributed by atoms with Gasteiger partial charge in [0, 0.05) is 35.4 Å². The number of morpholine rings is 1. The summed E-state index contributed by atoms with van der Waals surface area (Å²) in [7, 11) is 0. The molecule has 0 saturated carbocycles. The zero-order chi connectivity index (χ0) is 18.5. The van der Waals surface area contributed by atoms with E-state index in [1.807, 2.05) is 0 Å². The Hall–Kier alpha value is -2.38. The highest BCUT2D eigenvalue weighted by atomic mass is 32.2. The van der Waals surface area contributed by atoms with E-state index in [0.717, 1.165) is 9.79 Å². The van der Waals surface area contributed by atoms with Gasteiger partial charge in [-0.2, -0.15) is 0 Å². The third kappa shape index (κ3) is 4.62. The first-order valence-corrected chi connectivity index (χ1v) is 9.06. The number of carbonyl (C=O) groups is 2. The molecule has 0 aliphatic carbocycles. The largest absolute Gasteiger partial charge is 0.378 e. The lowest BCUT2D eigenvalue weighted by Crippen LogP contribution is -2.40. The van der Waals surface area contributed by atoms with Crippen LogP contribution in [0, 0.1) is 5.82 Å². The maximum absolute atomic E-state index is 13.1. The second-order valence-corrected chi connectivity index (χ2v) is 6.97. The predicted octanol–water partition coefficient (Wildman–Crippen LogP) is 3.41. The summed E-state index contributed by atoms with van der Waals surface area (Å²) in [4.78, 5) is 27.6. The summed E-state index contributed by atoms with van der Waals surface area (Å²) < 4.78 is 18.4. The van der Waals surface area contributed by atoms with Gasteiger partial charge in [0.2, 0.25) is 5.91 Å². The van der Waals surface area contributed by atoms with Gasteiger partial charge in [-0.1, -0.05) is 11.8 Å². The average Bonchev–Trinajstić information content (AvgIpc) is 2.64. The molecule has 1 aliphatic rings. The van der Waals surface area contributed by atoms with E-state index in [-0.39, 0.29) is 17.6 Å². The fourth-order valence-corrected chi connectivity index (χ4v) is 3.50. The Morgan fingerprint density at radius 2 is 1.81 bits per heavy atom. The van der Waals surface area contributed by atoms with E-state index in [0.29, 0.717) is 37.6 Å². The van der Waals surface area contributed by atoms with Crippen molar-refractivity contribution in [2.24, 2.45) is 0 Å². The number of halogens is 1. The highest BCUT2D eigenvalue weighted by Gasteiger charge is 2.20. The van der Waals surface area contributed by atoms with Gasteiger partial charge in [0.25, 0.3) is 5.91 Å². The molecule has 0 atom stereocenters. The van der Waals surface area contributed by atoms with Gasteiger partial charge in [-0.25, -0.2) is 4.39 Å². The van der Waals surface area contributed by atoms with Gasteiger partial charge in [0.15, 0.2) is 0 Å². The molecule has 0 unspecified atom stereocenters. The van der Waals surface area contributed by atoms with Crippen LogP contribution in [0.2, 0.25) is 0 Å². The Bertz CT molecular complexity index is 805. The van der Waals surface area contributed by atoms with Crippen molar-refractivity contribution in [3.63, 3.8) is 0 Å². The predicted molar refractivity (Wildman–Crippen MR) is 98.0 cm³/mol. The number of hydrogen-bond acceptors (Lipinski definition) is 4. The number of ether oxygens (including phenoxy) is 1. The number of amides is 2. The zero-order valence-electron chi connectivity index (χ0n) is 14.3. The third-order valence-electron chi connectivity index (χ3n) is 3.88. The Kier molecular flexibility index (Phi) is 5.90. The SMILES string of the molecule is CC(=O)Nc1cc(C(=O)N2CCOCC2)ccc1Sc1ccc(F)cc1. The van der Waals surface area contributed by atoms with Crippen LogP contribution in [-0.4, -0.2) is 43.0 Å². The van der Waals surface area contributed by atoms with Crippen LogP contribution in [0.3, 0.4) is 0 Å². The van der Waals surface area contributed by atoms with Crippen molar-refractivity contribution >= 4 is 29.3 Å². The molecule has 1 N–H and O–H groups in total. The first-order chi connectivity index (χ1) is 12.5. The molecule has 2 amide bonds. The summed E-state index contributed by atoms with van der Waals surface area (Å²) in [5.74, 6) is -0.608. The highest BCUT2D eigenvalue weighted by Crippen LogP contribution is 2.34. The molecule has 0 spiro atoms. The summed E-state index contributed by atoms with van der Waals surface area (Å²) >= 11 is 1.39. The molecule has 26 heavy (non-hydrogen) atoms. The number of nitrogens with zero attached hydrogens (tertiary/aromatic N) is 1. The molecule has 1 fully saturated rings. The maximum Gasteiger partial charge on any atom is 0.254 e. The normalized spacial score (nSPS) is 14.2. The number of nitrogens with one attached hydrogen (secondary N) is 1. The molecule has 1 saturated heterocycles. The minimum atomic E-state index is -0.303. The fraction of sp³-hybridized carbons (Fsp3) is 0.263. The van der Waals surface area contributed by atoms with Crippen molar-refractivity contribution in [3.05, 3.63) is 53.8 Å². The van der Waals surface area contributed by atoms with Gasteiger partial charge in [-0.15, -0.1) is 0 Å². The zero-order valence-corrected chi connectivity index (χ0v) is 15.1. The van der Waals surface area contributed by atoms with Crippen LogP contribution in [0.15, 0.2) is 52.3 Å². The van der Waals surface area contributed by atoms with Gasteiger partial charge >= 0.3 is 0 Å². The van der Waals surface area contributed by atoms with Gasteiger partial charge in [0.05, 0.1) is 18.9 Å². The minimum absolute atomic E-state index is 0.0850. The van der Waals surface area contributed by atoms with Crippen molar-refractivity contribution in [2.45, 2.75) is 16.7 Å². The molecule has 2 aromatic carbocycles. The van der Waals surface area contributed by atoms with Crippen molar-refractivity contribution in [3.8, 4) is 0 Å². The molecule has 3 rings (SSSR count). The van der Waals surface area contributed by atoms with Crippen molar-refractivity contribution in [1.82, 2.24) is 4.90 Å². The molecule has 136 valence electrons. The van der Waals surface area contributed by atoms with Crippen LogP contribution >= 0.6 is 11.8 Å². The van der Waals surface area contributed by atoms with E-state index in [1.54, 1.807) is 35.2 Å². The van der Waals surface area contributed by atoms with Crippen LogP contribution in [0.4, 0.5) is 10.1 Å². The van der Waals surface area contributed by atoms with Crippen LogP contribution in [-0.2, 0) is 9.53 Å². The Balaban J connectivity index is 1.86. The Morgan fingerprint density at radius 1 is 1.12 bits per heavy atom. The van der Waals surface area contributed by atoms with Gasteiger partial charge in [0.1, 0.15) is 5.82 Å². The van der Waals surface area contributed by atoms with Gasteiger partial charge in [-0.05, 0) is 42.5 Å². The Morgan fingerprint density at radius 3 is 2.46 bits per heavy atom. The molecule has 1 heterocycles. The third-order valence-corrected chi connectivity index (χ3v) is 4.96. The van der Waals surface area contributed by atoms with E-state index in [9.17, 15) is 14.0 Å². The number of carbonyl (C=O) groups excluding carboxylic acids is 2. The van der Waals surface area contributed by atoms with E-state index in [1.165, 1.54) is 30.8 Å². The molecule has 5 nitrogen and oxygen atoms in total. The second kappa shape index (κ2) is 8.33. The lowest BCUT2D eigenvalue weighted by molar-refractivity contribution is -0.114. The van der Waals surface area contributed by atoms with Crippen LogP contribution in [0.25, 0.3) is 0 Å². The second-order valence-electron chi connectivity index (χ2n) is 5.85. The van der Waals surface area contributed by atoms with Crippen LogP contribution < -0.4 is 5.32 Å². The van der Waals surface area contributed by atoms with Crippen molar-refractivity contribution in [2.75, 3.05) is 31.6 Å². The van der Waals surface area contributed by atoms with Crippen molar-refractivity contribution < 1.29 is 18.7 Å². The highest BCUT2D eigenvalue weighted by molar-refractivity contribution is 7.99. The molecule has 0 bridgehead atoms. The molecule has 1 aliphatic heterocycles. The van der Waals surface area contributed by atoms with E-state index in [2.05, 4.69) is 5.32 Å². The summed E-state index contributed by atoms with van der Waals surface area (Å²) in [6.45, 7) is 3.59. The first-order valence-electron chi connectivity index (χ1n) is 8.25. The molecular weight excluding hydrogens is 355 g/mol. The topological polar surface area (TPSA) is 58.6 Å². The summed E-state index contributed by atoms with van der Waals surface area (Å²) in [6.07, 6.45) is 0. The van der Waals surface area contributed by atoms with Crippen LogP contribution in [0.1, 0.15) is 17.3 Å². The van der Waals surface area contributed by atoms with Crippen molar-refractivity contribution in [1.29, 1.82) is 0 Å². The Labute approximate surface area is 155 Å². The molecule has 0 aromatic heterocycles. The number of rotatable bonds is 4. The van der Waals surface area contributed by atoms with E-state index < -0.39 is 0 Å². The average molecular weight is 374 g/mol. The summed E-state index contributed by atoms with van der Waals surface area (Å²) in [5.41, 5.74) is 1.07. The number of hydrogen-bond donors (Lipinski definition) is 1. The molecule has 7 heteroatoms. The molecule has 0 radical (unpaired) electrons. The maximum atomic E-state index is 13.1. The number of anilines is 1. The van der Waals surface area contributed by atoms with Gasteiger partial charge < -0.3 is 15.0 Å². The lowest BCUT2D eigenvalue weighted by Gasteiger charge is -2.27. The van der Waals surface area contributed by atoms with E-state index >= 15 is 0 Å². The first kappa shape index (κ1) is 18.4. The molecular formula is C19H19FN2O3S. The fourth-order valence-electron chi connectivity index (χ4n) is 2.62. The minimum Gasteiger partial charge on any atom is -0.378 e. The lowest BCUT2D eigenvalue weighted by atomic mass is 10.1. The summed E-state index contributed by atoms with van der Waals surface area (Å²) in [6, 6.07) is 11.3. The smallest absolute Gasteiger partial charge is 0.254 e. The van der Waals surface area contributed by atoms with Gasteiger partial charge in [-0.3, -0.25) is 9.59 Å². The van der Waals surface area contributed by atoms with E-state index in [4.69, 9.17) is 4.74 Å². The van der Waals surface area contributed by atoms with Crippen LogP contribution in [0.5, 0.6) is 0 Å². The molecule has 2 aromatic rings.